The summed E-state index contributed by atoms with van der Waals surface area (Å²) >= 11 is 0. The molecule has 0 saturated carbocycles. The van der Waals surface area contributed by atoms with Gasteiger partial charge in [-0.05, 0) is 18.1 Å². The van der Waals surface area contributed by atoms with E-state index in [2.05, 4.69) is 28.8 Å². The van der Waals surface area contributed by atoms with Gasteiger partial charge in [-0.3, -0.25) is 0 Å². The van der Waals surface area contributed by atoms with Crippen molar-refractivity contribution >= 4 is 27.8 Å². The highest BCUT2D eigenvalue weighted by atomic mass is 16.4. The number of fused-ring (bicyclic) bond motifs is 3. The number of hydrogen-bond donors (Lipinski definition) is 2. The maximum Gasteiger partial charge on any atom is 0.126 e. The molecule has 5 nitrogen and oxygen atoms in total. The van der Waals surface area contributed by atoms with Gasteiger partial charge in [0.2, 0.25) is 0 Å². The third-order valence-electron chi connectivity index (χ3n) is 4.79. The monoisotopic (exact) mass is 354 g/mol. The van der Waals surface area contributed by atoms with Gasteiger partial charge in [-0.15, -0.1) is 0 Å². The van der Waals surface area contributed by atoms with E-state index in [4.69, 9.17) is 0 Å². The van der Waals surface area contributed by atoms with Crippen LogP contribution in [0.25, 0.3) is 21.8 Å². The maximum atomic E-state index is 11.3. The third kappa shape index (κ3) is 3.89. The van der Waals surface area contributed by atoms with E-state index in [1.165, 1.54) is 0 Å². The number of benzene rings is 2. The second-order valence-corrected chi connectivity index (χ2v) is 7.33. The lowest BCUT2D eigenvalue weighted by molar-refractivity contribution is -0.690. The molecular weight excluding hydrogens is 328 g/mol. The number of aliphatic hydroxyl groups is 1. The molecule has 138 valence electrons. The van der Waals surface area contributed by atoms with Crippen LogP contribution in [0.2, 0.25) is 0 Å². The van der Waals surface area contributed by atoms with Crippen LogP contribution in [0, 0.1) is 5.92 Å². The summed E-state index contributed by atoms with van der Waals surface area (Å²) in [4.78, 5) is 11.3. The van der Waals surface area contributed by atoms with Gasteiger partial charge in [0, 0.05) is 28.2 Å². The molecule has 0 aliphatic rings. The fraction of sp³-hybridized carbons (Fsp3) is 0.381. The Morgan fingerprint density at radius 3 is 2.12 bits per heavy atom. The zero-order chi connectivity index (χ0) is 18.7. The number of carboxylic acids is 1. The van der Waals surface area contributed by atoms with Gasteiger partial charge < -0.3 is 24.9 Å². The Labute approximate surface area is 153 Å². The standard InChI is InChI=1S/C21H26N2O3/c1-14(2)11-18(21(25)26)22-12-15(24)13-23-19-9-5-3-7-16(19)17-8-4-6-10-20(17)23/h3-10,14-15,18,22,24H,11-13H2,1-2H3,(H,25,26)/t15-,18-/m0/s1. The van der Waals surface area contributed by atoms with Crippen molar-refractivity contribution in [3.63, 3.8) is 0 Å². The molecule has 0 aliphatic heterocycles. The van der Waals surface area contributed by atoms with E-state index in [9.17, 15) is 15.0 Å². The fourth-order valence-corrected chi connectivity index (χ4v) is 3.60. The van der Waals surface area contributed by atoms with Gasteiger partial charge in [-0.1, -0.05) is 50.2 Å². The van der Waals surface area contributed by atoms with Crippen molar-refractivity contribution in [1.82, 2.24) is 4.57 Å². The van der Waals surface area contributed by atoms with Crippen LogP contribution in [0.3, 0.4) is 0 Å². The lowest BCUT2D eigenvalue weighted by Crippen LogP contribution is -2.94. The van der Waals surface area contributed by atoms with E-state index in [-0.39, 0.29) is 5.92 Å². The normalized spacial score (nSPS) is 14.2. The SMILES string of the molecule is CC(C)C[C@H]([NH2+]C[C@H](O)Cn1c2ccccc2c2ccccc21)C(=O)[O-]. The first-order valence-electron chi connectivity index (χ1n) is 9.15. The molecule has 3 rings (SSSR count). The zero-order valence-electron chi connectivity index (χ0n) is 15.3. The minimum absolute atomic E-state index is 0.267. The van der Waals surface area contributed by atoms with Crippen molar-refractivity contribution in [3.05, 3.63) is 48.5 Å². The van der Waals surface area contributed by atoms with Crippen molar-refractivity contribution in [2.45, 2.75) is 39.0 Å². The molecule has 1 aromatic heterocycles. The van der Waals surface area contributed by atoms with E-state index < -0.39 is 18.1 Å². The second kappa shape index (κ2) is 7.89. The topological polar surface area (TPSA) is 81.9 Å². The van der Waals surface area contributed by atoms with Crippen molar-refractivity contribution in [2.24, 2.45) is 5.92 Å². The fourth-order valence-electron chi connectivity index (χ4n) is 3.60. The predicted molar refractivity (Wildman–Crippen MR) is 100 cm³/mol. The van der Waals surface area contributed by atoms with E-state index in [0.29, 0.717) is 19.5 Å². The first kappa shape index (κ1) is 18.4. The number of aromatic nitrogens is 1. The minimum Gasteiger partial charge on any atom is -0.544 e. The molecule has 0 amide bonds. The summed E-state index contributed by atoms with van der Waals surface area (Å²) in [6, 6.07) is 15.7. The average molecular weight is 354 g/mol. The molecular formula is C21H26N2O3. The number of nitrogens with two attached hydrogens (primary N) is 1. The number of aliphatic hydroxyl groups excluding tert-OH is 1. The average Bonchev–Trinajstić information content (AvgIpc) is 2.93. The Kier molecular flexibility index (Phi) is 5.59. The van der Waals surface area contributed by atoms with Crippen molar-refractivity contribution < 1.29 is 20.3 Å². The lowest BCUT2D eigenvalue weighted by Gasteiger charge is -2.20. The molecule has 0 spiro atoms. The molecule has 1 heterocycles. The highest BCUT2D eigenvalue weighted by Gasteiger charge is 2.19. The Bertz CT molecular complexity index is 847. The Morgan fingerprint density at radius 1 is 1.08 bits per heavy atom. The van der Waals surface area contributed by atoms with Gasteiger partial charge in [-0.2, -0.15) is 0 Å². The lowest BCUT2D eigenvalue weighted by atomic mass is 10.0. The first-order valence-corrected chi connectivity index (χ1v) is 9.15. The molecule has 2 aromatic carbocycles. The number of quaternary nitrogens is 1. The highest BCUT2D eigenvalue weighted by Crippen LogP contribution is 2.28. The number of carbonyl (C=O) groups excluding carboxylic acids is 1. The van der Waals surface area contributed by atoms with Crippen LogP contribution in [0.15, 0.2) is 48.5 Å². The summed E-state index contributed by atoms with van der Waals surface area (Å²) in [6.07, 6.45) is -0.118. The summed E-state index contributed by atoms with van der Waals surface area (Å²) in [7, 11) is 0. The van der Waals surface area contributed by atoms with Gasteiger partial charge >= 0.3 is 0 Å². The van der Waals surface area contributed by atoms with Crippen molar-refractivity contribution in [2.75, 3.05) is 6.54 Å². The number of hydrogen-bond acceptors (Lipinski definition) is 3. The molecule has 3 aromatic rings. The molecule has 0 bridgehead atoms. The van der Waals surface area contributed by atoms with E-state index in [1.807, 2.05) is 38.1 Å². The largest absolute Gasteiger partial charge is 0.544 e. The third-order valence-corrected chi connectivity index (χ3v) is 4.79. The van der Waals surface area contributed by atoms with E-state index in [1.54, 1.807) is 5.32 Å². The van der Waals surface area contributed by atoms with Gasteiger partial charge in [0.05, 0.1) is 12.5 Å². The van der Waals surface area contributed by atoms with Gasteiger partial charge in [0.15, 0.2) is 0 Å². The summed E-state index contributed by atoms with van der Waals surface area (Å²) in [5, 5.41) is 25.8. The molecule has 0 aliphatic carbocycles. The van der Waals surface area contributed by atoms with Gasteiger partial charge in [-0.25, -0.2) is 0 Å². The molecule has 26 heavy (non-hydrogen) atoms. The predicted octanol–water partition coefficient (Wildman–Crippen LogP) is 0.883. The number of rotatable bonds is 8. The quantitative estimate of drug-likeness (QED) is 0.630. The number of carbonyl (C=O) groups is 1. The Hall–Kier alpha value is -2.37. The highest BCUT2D eigenvalue weighted by molar-refractivity contribution is 6.07. The molecule has 3 N–H and O–H groups in total. The summed E-state index contributed by atoms with van der Waals surface area (Å²) in [5.41, 5.74) is 2.15. The first-order chi connectivity index (χ1) is 12.5. The minimum atomic E-state index is -1.07. The smallest absolute Gasteiger partial charge is 0.126 e. The second-order valence-electron chi connectivity index (χ2n) is 7.33. The number of aliphatic carboxylic acids is 1. The molecule has 0 saturated heterocycles. The van der Waals surface area contributed by atoms with Crippen LogP contribution in [0.5, 0.6) is 0 Å². The van der Waals surface area contributed by atoms with Crippen LogP contribution in [0.4, 0.5) is 0 Å². The van der Waals surface area contributed by atoms with Crippen LogP contribution in [-0.2, 0) is 11.3 Å². The Morgan fingerprint density at radius 2 is 1.62 bits per heavy atom. The van der Waals surface area contributed by atoms with Gasteiger partial charge in [0.1, 0.15) is 18.7 Å². The van der Waals surface area contributed by atoms with Crippen LogP contribution in [0.1, 0.15) is 20.3 Å². The summed E-state index contributed by atoms with van der Waals surface area (Å²) < 4.78 is 2.11. The van der Waals surface area contributed by atoms with E-state index >= 15 is 0 Å². The summed E-state index contributed by atoms with van der Waals surface area (Å²) in [6.45, 7) is 4.72. The van der Waals surface area contributed by atoms with Crippen LogP contribution in [-0.4, -0.2) is 34.3 Å². The number of nitrogens with zero attached hydrogens (tertiary/aromatic N) is 1. The van der Waals surface area contributed by atoms with Crippen molar-refractivity contribution in [3.8, 4) is 0 Å². The van der Waals surface area contributed by atoms with E-state index in [0.717, 1.165) is 21.8 Å². The number of carboxylic acid groups (broad SMARTS) is 1. The van der Waals surface area contributed by atoms with Crippen LogP contribution >= 0.6 is 0 Å². The molecule has 5 heteroatoms. The van der Waals surface area contributed by atoms with Crippen LogP contribution < -0.4 is 10.4 Å². The number of para-hydroxylation sites is 2. The molecule has 0 radical (unpaired) electrons. The molecule has 0 unspecified atom stereocenters. The maximum absolute atomic E-state index is 11.3. The summed E-state index contributed by atoms with van der Waals surface area (Å²) in [5.74, 6) is -0.800. The molecule has 2 atom stereocenters. The Balaban J connectivity index is 1.78. The molecule has 0 fully saturated rings. The zero-order valence-corrected chi connectivity index (χ0v) is 15.3. The van der Waals surface area contributed by atoms with Crippen molar-refractivity contribution in [1.29, 1.82) is 0 Å². The van der Waals surface area contributed by atoms with Gasteiger partial charge in [0.25, 0.3) is 0 Å².